The van der Waals surface area contributed by atoms with E-state index >= 15 is 0 Å². The van der Waals surface area contributed by atoms with Crippen LogP contribution >= 0.6 is 11.6 Å². The van der Waals surface area contributed by atoms with E-state index in [9.17, 15) is 13.2 Å². The molecule has 3 rings (SSSR count). The SMILES string of the molecule is COc1cc(NC(=O)COc2ccc(S(=O)(=O)Nc3ccc(C)cc3)cc2C)c(OC)cc1Cl. The van der Waals surface area contributed by atoms with E-state index in [1.54, 1.807) is 25.1 Å². The number of halogens is 1. The number of rotatable bonds is 9. The van der Waals surface area contributed by atoms with Crippen LogP contribution in [0, 0.1) is 13.8 Å². The molecule has 180 valence electrons. The molecule has 34 heavy (non-hydrogen) atoms. The fraction of sp³-hybridized carbons (Fsp3) is 0.208. The third kappa shape index (κ3) is 6.12. The summed E-state index contributed by atoms with van der Waals surface area (Å²) in [5.74, 6) is 0.682. The highest BCUT2D eigenvalue weighted by Crippen LogP contribution is 2.35. The van der Waals surface area contributed by atoms with Crippen LogP contribution in [0.15, 0.2) is 59.5 Å². The summed E-state index contributed by atoms with van der Waals surface area (Å²) in [6, 6.07) is 14.5. The van der Waals surface area contributed by atoms with Crippen molar-refractivity contribution in [2.24, 2.45) is 0 Å². The first-order chi connectivity index (χ1) is 16.1. The van der Waals surface area contributed by atoms with E-state index in [-0.39, 0.29) is 11.5 Å². The number of anilines is 2. The standard InChI is InChI=1S/C24H25ClN2O6S/c1-15-5-7-17(8-6-15)27-34(29,30)18-9-10-21(16(2)11-18)33-14-24(28)26-20-13-22(31-3)19(25)12-23(20)32-4/h5-13,27H,14H2,1-4H3,(H,26,28). The minimum atomic E-state index is -3.78. The van der Waals surface area contributed by atoms with E-state index < -0.39 is 15.9 Å². The molecule has 0 spiro atoms. The molecule has 3 aromatic rings. The summed E-state index contributed by atoms with van der Waals surface area (Å²) in [6.45, 7) is 3.32. The van der Waals surface area contributed by atoms with E-state index in [2.05, 4.69) is 10.0 Å². The van der Waals surface area contributed by atoms with Crippen LogP contribution < -0.4 is 24.2 Å². The first-order valence-corrected chi connectivity index (χ1v) is 12.0. The van der Waals surface area contributed by atoms with Gasteiger partial charge in [0.1, 0.15) is 17.2 Å². The second-order valence-corrected chi connectivity index (χ2v) is 9.51. The molecule has 0 atom stereocenters. The van der Waals surface area contributed by atoms with Crippen molar-refractivity contribution in [2.75, 3.05) is 30.9 Å². The molecule has 0 aromatic heterocycles. The molecule has 0 fully saturated rings. The predicted molar refractivity (Wildman–Crippen MR) is 132 cm³/mol. The van der Waals surface area contributed by atoms with Gasteiger partial charge >= 0.3 is 0 Å². The number of sulfonamides is 1. The van der Waals surface area contributed by atoms with Crippen LogP contribution in [0.2, 0.25) is 5.02 Å². The summed E-state index contributed by atoms with van der Waals surface area (Å²) >= 11 is 6.08. The third-order valence-electron chi connectivity index (χ3n) is 4.87. The van der Waals surface area contributed by atoms with E-state index in [0.29, 0.717) is 39.2 Å². The number of ether oxygens (including phenoxy) is 3. The second kappa shape index (κ2) is 10.7. The first-order valence-electron chi connectivity index (χ1n) is 10.2. The molecule has 3 aromatic carbocycles. The van der Waals surface area contributed by atoms with E-state index in [1.165, 1.54) is 38.5 Å². The van der Waals surface area contributed by atoms with Crippen molar-refractivity contribution in [1.29, 1.82) is 0 Å². The minimum Gasteiger partial charge on any atom is -0.495 e. The smallest absolute Gasteiger partial charge is 0.262 e. The van der Waals surface area contributed by atoms with Gasteiger partial charge in [0.25, 0.3) is 15.9 Å². The van der Waals surface area contributed by atoms with Gasteiger partial charge in [-0.15, -0.1) is 0 Å². The summed E-state index contributed by atoms with van der Waals surface area (Å²) in [4.78, 5) is 12.5. The van der Waals surface area contributed by atoms with E-state index in [4.69, 9.17) is 25.8 Å². The molecule has 10 heteroatoms. The van der Waals surface area contributed by atoms with Crippen LogP contribution in [-0.4, -0.2) is 35.2 Å². The number of carbonyl (C=O) groups excluding carboxylic acids is 1. The van der Waals surface area contributed by atoms with Gasteiger partial charge in [-0.2, -0.15) is 0 Å². The summed E-state index contributed by atoms with van der Waals surface area (Å²) < 4.78 is 44.0. The third-order valence-corrected chi connectivity index (χ3v) is 6.54. The highest BCUT2D eigenvalue weighted by molar-refractivity contribution is 7.92. The number of hydrogen-bond acceptors (Lipinski definition) is 6. The van der Waals surface area contributed by atoms with Crippen molar-refractivity contribution in [1.82, 2.24) is 0 Å². The molecule has 8 nitrogen and oxygen atoms in total. The summed E-state index contributed by atoms with van der Waals surface area (Å²) in [5.41, 5.74) is 2.43. The summed E-state index contributed by atoms with van der Waals surface area (Å²) in [6.07, 6.45) is 0. The second-order valence-electron chi connectivity index (χ2n) is 7.42. The molecule has 1 amide bonds. The number of amides is 1. The Hall–Kier alpha value is -3.43. The van der Waals surface area contributed by atoms with Gasteiger partial charge in [-0.25, -0.2) is 8.42 Å². The Bertz CT molecular complexity index is 1290. The molecular formula is C24H25ClN2O6S. The number of aryl methyl sites for hydroxylation is 2. The van der Waals surface area contributed by atoms with Crippen molar-refractivity contribution < 1.29 is 27.4 Å². The number of hydrogen-bond donors (Lipinski definition) is 2. The van der Waals surface area contributed by atoms with Gasteiger partial charge in [-0.1, -0.05) is 29.3 Å². The van der Waals surface area contributed by atoms with Gasteiger partial charge in [-0.3, -0.25) is 9.52 Å². The Morgan fingerprint density at radius 1 is 0.912 bits per heavy atom. The lowest BCUT2D eigenvalue weighted by molar-refractivity contribution is -0.118. The lowest BCUT2D eigenvalue weighted by Gasteiger charge is -2.14. The number of methoxy groups -OCH3 is 2. The van der Waals surface area contributed by atoms with Crippen LogP contribution in [0.4, 0.5) is 11.4 Å². The molecule has 0 saturated heterocycles. The zero-order chi connectivity index (χ0) is 24.9. The van der Waals surface area contributed by atoms with Crippen molar-refractivity contribution in [3.63, 3.8) is 0 Å². The zero-order valence-electron chi connectivity index (χ0n) is 19.1. The monoisotopic (exact) mass is 504 g/mol. The minimum absolute atomic E-state index is 0.0837. The van der Waals surface area contributed by atoms with Crippen LogP contribution in [0.3, 0.4) is 0 Å². The van der Waals surface area contributed by atoms with Gasteiger partial charge in [-0.05, 0) is 49.7 Å². The van der Waals surface area contributed by atoms with Crippen LogP contribution in [0.1, 0.15) is 11.1 Å². The van der Waals surface area contributed by atoms with Crippen molar-refractivity contribution in [3.8, 4) is 17.2 Å². The molecule has 0 saturated carbocycles. The average Bonchev–Trinajstić information content (AvgIpc) is 2.80. The normalized spacial score (nSPS) is 11.0. The number of carbonyl (C=O) groups is 1. The van der Waals surface area contributed by atoms with Gasteiger partial charge in [0, 0.05) is 17.8 Å². The first kappa shape index (κ1) is 25.2. The van der Waals surface area contributed by atoms with Crippen LogP contribution in [0.5, 0.6) is 17.2 Å². The molecule has 2 N–H and O–H groups in total. The Morgan fingerprint density at radius 3 is 2.21 bits per heavy atom. The highest BCUT2D eigenvalue weighted by atomic mass is 35.5. The Balaban J connectivity index is 1.67. The fourth-order valence-corrected chi connectivity index (χ4v) is 4.45. The van der Waals surface area contributed by atoms with Crippen LogP contribution in [0.25, 0.3) is 0 Å². The Kier molecular flexibility index (Phi) is 7.90. The largest absolute Gasteiger partial charge is 0.495 e. The average molecular weight is 505 g/mol. The molecule has 0 heterocycles. The maximum absolute atomic E-state index is 12.7. The summed E-state index contributed by atoms with van der Waals surface area (Å²) in [5, 5.41) is 3.03. The number of nitrogens with one attached hydrogen (secondary N) is 2. The van der Waals surface area contributed by atoms with Crippen molar-refractivity contribution in [2.45, 2.75) is 18.7 Å². The number of benzene rings is 3. The highest BCUT2D eigenvalue weighted by Gasteiger charge is 2.17. The Morgan fingerprint density at radius 2 is 1.59 bits per heavy atom. The lowest BCUT2D eigenvalue weighted by atomic mass is 10.2. The molecule has 0 bridgehead atoms. The summed E-state index contributed by atoms with van der Waals surface area (Å²) in [7, 11) is -0.858. The van der Waals surface area contributed by atoms with Gasteiger partial charge in [0.05, 0.1) is 29.8 Å². The molecule has 0 aliphatic heterocycles. The Labute approximate surface area is 203 Å². The zero-order valence-corrected chi connectivity index (χ0v) is 20.7. The van der Waals surface area contributed by atoms with Gasteiger partial charge in [0.15, 0.2) is 6.61 Å². The van der Waals surface area contributed by atoms with Gasteiger partial charge < -0.3 is 19.5 Å². The lowest BCUT2D eigenvalue weighted by Crippen LogP contribution is -2.21. The molecule has 0 unspecified atom stereocenters. The molecule has 0 aliphatic carbocycles. The molecule has 0 radical (unpaired) electrons. The van der Waals surface area contributed by atoms with E-state index in [0.717, 1.165) is 5.56 Å². The molecular weight excluding hydrogens is 480 g/mol. The fourth-order valence-electron chi connectivity index (χ4n) is 3.07. The van der Waals surface area contributed by atoms with Crippen molar-refractivity contribution in [3.05, 3.63) is 70.7 Å². The van der Waals surface area contributed by atoms with E-state index in [1.807, 2.05) is 19.1 Å². The van der Waals surface area contributed by atoms with Gasteiger partial charge in [0.2, 0.25) is 0 Å². The maximum Gasteiger partial charge on any atom is 0.262 e. The maximum atomic E-state index is 12.7. The molecule has 0 aliphatic rings. The van der Waals surface area contributed by atoms with Crippen LogP contribution in [-0.2, 0) is 14.8 Å². The quantitative estimate of drug-likeness (QED) is 0.434. The predicted octanol–water partition coefficient (Wildman–Crippen LogP) is 4.79. The topological polar surface area (TPSA) is 103 Å². The van der Waals surface area contributed by atoms with Crippen molar-refractivity contribution >= 4 is 38.9 Å².